The van der Waals surface area contributed by atoms with Crippen LogP contribution in [0.1, 0.15) is 0 Å². The van der Waals surface area contributed by atoms with Crippen molar-refractivity contribution in [3.05, 3.63) is 0 Å². The molecule has 15 heteroatoms. The van der Waals surface area contributed by atoms with E-state index in [2.05, 4.69) is 29.3 Å². The van der Waals surface area contributed by atoms with E-state index in [0.29, 0.717) is 0 Å². The fourth-order valence-corrected chi connectivity index (χ4v) is 2.22. The van der Waals surface area contributed by atoms with Gasteiger partial charge in [-0.2, -0.15) is 19.3 Å². The number of nitrogens with zero attached hydrogens (tertiary/aromatic N) is 6. The number of hydrogen-bond donors (Lipinski definition) is 4. The minimum Gasteiger partial charge on any atom is -0.691 e. The molecule has 0 saturated heterocycles. The maximum Gasteiger partial charge on any atom is 1.00 e. The zero-order valence-corrected chi connectivity index (χ0v) is 18.4. The van der Waals surface area contributed by atoms with Crippen LogP contribution < -0.4 is 44.6 Å². The van der Waals surface area contributed by atoms with Gasteiger partial charge in [0.05, 0.1) is 32.2 Å². The average molecular weight is 430 g/mol. The summed E-state index contributed by atoms with van der Waals surface area (Å²) in [5, 5.41) is 49.8. The standard InChI is InChI=1S/C13H24N6O7S.Na/c20-6-2-18(3-7-21)12-15-11(14-1-10-27-26-25-24)16-13(17-12)19(4-8-22)5-9-23;/h1,20-24H,2-10H2;/q;+1/p-1/b14-1-;. The summed E-state index contributed by atoms with van der Waals surface area (Å²) in [6, 6.07) is 0. The van der Waals surface area contributed by atoms with E-state index in [4.69, 9.17) is 0 Å². The molecule has 1 aromatic heterocycles. The summed E-state index contributed by atoms with van der Waals surface area (Å²) in [5.41, 5.74) is 0. The molecule has 0 fully saturated rings. The van der Waals surface area contributed by atoms with Crippen LogP contribution in [0.25, 0.3) is 0 Å². The Kier molecular flexibility index (Phi) is 16.8. The number of rotatable bonds is 15. The number of anilines is 2. The fourth-order valence-electron chi connectivity index (χ4n) is 1.99. The number of aliphatic hydroxyl groups excluding tert-OH is 4. The van der Waals surface area contributed by atoms with Crippen molar-refractivity contribution in [2.75, 3.05) is 68.2 Å². The minimum absolute atomic E-state index is 0. The molecule has 1 rings (SSSR count). The molecular weight excluding hydrogens is 407 g/mol. The van der Waals surface area contributed by atoms with Crippen LogP contribution in [0.2, 0.25) is 0 Å². The largest absolute Gasteiger partial charge is 1.00 e. The van der Waals surface area contributed by atoms with Gasteiger partial charge in [-0.25, -0.2) is 4.99 Å². The van der Waals surface area contributed by atoms with Gasteiger partial charge in [-0.15, -0.1) is 0 Å². The normalized spacial score (nSPS) is 10.9. The maximum atomic E-state index is 9.74. The molecule has 0 bridgehead atoms. The number of hydrogen-bond acceptors (Lipinski definition) is 14. The Morgan fingerprint density at radius 1 is 0.893 bits per heavy atom. The van der Waals surface area contributed by atoms with E-state index < -0.39 is 0 Å². The van der Waals surface area contributed by atoms with E-state index in [1.54, 1.807) is 9.80 Å². The molecule has 0 aliphatic heterocycles. The van der Waals surface area contributed by atoms with Gasteiger partial charge in [0.25, 0.3) is 5.95 Å². The summed E-state index contributed by atoms with van der Waals surface area (Å²) < 4.78 is 4.11. The molecular formula is C13H23N6NaO7S. The predicted octanol–water partition coefficient (Wildman–Crippen LogP) is -5.97. The molecule has 0 spiro atoms. The van der Waals surface area contributed by atoms with Crippen molar-refractivity contribution in [3.63, 3.8) is 0 Å². The Morgan fingerprint density at radius 2 is 1.36 bits per heavy atom. The monoisotopic (exact) mass is 430 g/mol. The van der Waals surface area contributed by atoms with E-state index in [-0.39, 0.29) is 106 Å². The van der Waals surface area contributed by atoms with Crippen molar-refractivity contribution < 1.29 is 64.6 Å². The molecule has 0 radical (unpaired) electrons. The molecule has 0 unspecified atom stereocenters. The van der Waals surface area contributed by atoms with Crippen LogP contribution in [0.15, 0.2) is 4.99 Å². The first-order valence-corrected chi connectivity index (χ1v) is 8.91. The van der Waals surface area contributed by atoms with E-state index in [1.807, 2.05) is 0 Å². The second-order valence-electron chi connectivity index (χ2n) is 4.84. The number of aliphatic imine (C=N–C) groups is 1. The van der Waals surface area contributed by atoms with Crippen molar-refractivity contribution >= 4 is 36.1 Å². The van der Waals surface area contributed by atoms with Gasteiger partial charge in [0, 0.05) is 44.4 Å². The summed E-state index contributed by atoms with van der Waals surface area (Å²) in [4.78, 5) is 19.8. The van der Waals surface area contributed by atoms with Gasteiger partial charge in [0.2, 0.25) is 11.9 Å². The molecule has 0 atom stereocenters. The smallest absolute Gasteiger partial charge is 0.691 e. The minimum atomic E-state index is -0.181. The van der Waals surface area contributed by atoms with E-state index in [0.717, 1.165) is 12.0 Å². The number of aromatic nitrogens is 3. The van der Waals surface area contributed by atoms with Crippen LogP contribution in [-0.2, 0) is 9.37 Å². The summed E-state index contributed by atoms with van der Waals surface area (Å²) in [6.45, 7) is -0.00998. The van der Waals surface area contributed by atoms with Crippen LogP contribution in [-0.4, -0.2) is 100.0 Å². The van der Waals surface area contributed by atoms with E-state index in [9.17, 15) is 25.7 Å². The van der Waals surface area contributed by atoms with Crippen molar-refractivity contribution in [1.82, 2.24) is 15.0 Å². The third-order valence-electron chi connectivity index (χ3n) is 3.07. The zero-order valence-electron chi connectivity index (χ0n) is 15.5. The molecule has 0 aliphatic carbocycles. The van der Waals surface area contributed by atoms with E-state index in [1.165, 1.54) is 6.21 Å². The summed E-state index contributed by atoms with van der Waals surface area (Å²) in [6.07, 6.45) is 1.39. The summed E-state index contributed by atoms with van der Waals surface area (Å²) >= 11 is 0.718. The SMILES string of the molecule is [Na+].[O-]OOSC/C=N\c1nc(N(CCO)CCO)nc(N(CCO)CCO)n1. The Labute approximate surface area is 188 Å². The molecule has 1 heterocycles. The van der Waals surface area contributed by atoms with Crippen LogP contribution >= 0.6 is 12.0 Å². The molecule has 0 aromatic carbocycles. The van der Waals surface area contributed by atoms with Gasteiger partial charge < -0.3 is 35.5 Å². The maximum absolute atomic E-state index is 9.74. The van der Waals surface area contributed by atoms with Gasteiger partial charge in [-0.3, -0.25) is 5.04 Å². The molecule has 4 N–H and O–H groups in total. The third kappa shape index (κ3) is 10.2. The summed E-state index contributed by atoms with van der Waals surface area (Å²) in [7, 11) is 0. The van der Waals surface area contributed by atoms with Gasteiger partial charge in [-0.05, 0) is 0 Å². The molecule has 0 aliphatic rings. The van der Waals surface area contributed by atoms with Gasteiger partial charge in [0.15, 0.2) is 0 Å². The molecule has 154 valence electrons. The van der Waals surface area contributed by atoms with Crippen molar-refractivity contribution in [1.29, 1.82) is 0 Å². The third-order valence-corrected chi connectivity index (χ3v) is 3.51. The Hall–Kier alpha value is -0.650. The van der Waals surface area contributed by atoms with Gasteiger partial charge in [0.1, 0.15) is 0 Å². The van der Waals surface area contributed by atoms with Gasteiger partial charge in [-0.1, -0.05) is 0 Å². The molecule has 1 aromatic rings. The van der Waals surface area contributed by atoms with Crippen molar-refractivity contribution in [2.24, 2.45) is 4.99 Å². The second-order valence-corrected chi connectivity index (χ2v) is 5.54. The van der Waals surface area contributed by atoms with Crippen molar-refractivity contribution in [2.45, 2.75) is 0 Å². The molecule has 0 saturated carbocycles. The van der Waals surface area contributed by atoms with Crippen molar-refractivity contribution in [3.8, 4) is 0 Å². The molecule has 28 heavy (non-hydrogen) atoms. The first-order valence-electron chi connectivity index (χ1n) is 8.00. The number of aliphatic hydroxyl groups is 4. The first-order chi connectivity index (χ1) is 13.2. The Morgan fingerprint density at radius 3 is 1.75 bits per heavy atom. The first kappa shape index (κ1) is 27.4. The second kappa shape index (κ2) is 17.2. The molecule has 0 amide bonds. The molecule has 13 nitrogen and oxygen atoms in total. The van der Waals surface area contributed by atoms with E-state index >= 15 is 0 Å². The predicted molar refractivity (Wildman–Crippen MR) is 95.4 cm³/mol. The average Bonchev–Trinajstić information content (AvgIpc) is 2.67. The van der Waals surface area contributed by atoms with Crippen LogP contribution in [0, 0.1) is 0 Å². The Bertz CT molecular complexity index is 516. The topological polar surface area (TPSA) is 180 Å². The zero-order chi connectivity index (χ0) is 19.9. The van der Waals surface area contributed by atoms with Gasteiger partial charge >= 0.3 is 29.6 Å². The van der Waals surface area contributed by atoms with Crippen LogP contribution in [0.4, 0.5) is 17.8 Å². The Balaban J connectivity index is 0.00000729. The van der Waals surface area contributed by atoms with Crippen LogP contribution in [0.3, 0.4) is 0 Å². The van der Waals surface area contributed by atoms with Crippen LogP contribution in [0.5, 0.6) is 0 Å². The quantitative estimate of drug-likeness (QED) is 0.0516. The fraction of sp³-hybridized carbons (Fsp3) is 0.692. The summed E-state index contributed by atoms with van der Waals surface area (Å²) in [5.74, 6) is 0.554.